The molecule has 0 saturated carbocycles. The number of hydrogen-bond donors (Lipinski definition) is 2. The van der Waals surface area contributed by atoms with Gasteiger partial charge in [-0.25, -0.2) is 0 Å². The fourth-order valence-electron chi connectivity index (χ4n) is 1.36. The van der Waals surface area contributed by atoms with Crippen molar-refractivity contribution in [3.63, 3.8) is 0 Å². The van der Waals surface area contributed by atoms with Crippen LogP contribution in [0.3, 0.4) is 0 Å². The van der Waals surface area contributed by atoms with Crippen molar-refractivity contribution in [2.24, 2.45) is 5.73 Å². The lowest BCUT2D eigenvalue weighted by Crippen LogP contribution is -2.23. The van der Waals surface area contributed by atoms with E-state index in [0.717, 1.165) is 10.8 Å². The monoisotopic (exact) mass is 250 g/mol. The molecule has 5 nitrogen and oxygen atoms in total. The van der Waals surface area contributed by atoms with Crippen molar-refractivity contribution >= 4 is 10.8 Å². The fraction of sp³-hybridized carbons (Fsp3) is 0.308. The third kappa shape index (κ3) is 4.29. The minimum absolute atomic E-state index is 0.236. The topological polar surface area (TPSA) is 77.6 Å². The lowest BCUT2D eigenvalue weighted by Gasteiger charge is -2.08. The first-order valence-electron chi connectivity index (χ1n) is 5.49. The van der Waals surface area contributed by atoms with E-state index >= 15 is 0 Å². The van der Waals surface area contributed by atoms with Crippen molar-refractivity contribution in [3.05, 3.63) is 36.7 Å². The fourth-order valence-corrected chi connectivity index (χ4v) is 1.36. The zero-order valence-electron chi connectivity index (χ0n) is 10.5. The molecular weight excluding hydrogens is 232 g/mol. The highest BCUT2D eigenvalue weighted by Crippen LogP contribution is 2.17. The number of nitrogens with zero attached hydrogens (tertiary/aromatic N) is 1. The second-order valence-electron chi connectivity index (χ2n) is 3.54. The maximum Gasteiger partial charge on any atom is 0.168 e. The number of benzene rings is 1. The molecule has 1 aromatic carbocycles. The van der Waals surface area contributed by atoms with Gasteiger partial charge < -0.3 is 20.3 Å². The molecule has 0 bridgehead atoms. The molecule has 2 rings (SSSR count). The van der Waals surface area contributed by atoms with Gasteiger partial charge in [-0.3, -0.25) is 4.98 Å². The second-order valence-corrected chi connectivity index (χ2v) is 3.54. The van der Waals surface area contributed by atoms with Crippen molar-refractivity contribution < 1.29 is 14.6 Å². The Morgan fingerprint density at radius 2 is 1.94 bits per heavy atom. The number of methoxy groups -OCH3 is 2. The first-order chi connectivity index (χ1) is 8.71. The molecular formula is C13H18N2O3. The Morgan fingerprint density at radius 1 is 1.22 bits per heavy atom. The highest BCUT2D eigenvalue weighted by molar-refractivity contribution is 5.82. The molecule has 0 atom stereocenters. The molecule has 1 heterocycles. The number of pyridine rings is 1. The van der Waals surface area contributed by atoms with Crippen molar-refractivity contribution in [1.82, 2.24) is 4.98 Å². The molecule has 0 fully saturated rings. The number of fused-ring (bicyclic) bond motifs is 1. The first kappa shape index (κ1) is 14.4. The van der Waals surface area contributed by atoms with E-state index in [1.807, 2.05) is 12.1 Å². The Hall–Kier alpha value is -1.69. The summed E-state index contributed by atoms with van der Waals surface area (Å²) in [5.74, 6) is 0.283. The summed E-state index contributed by atoms with van der Waals surface area (Å²) in [5.41, 5.74) is 5.14. The summed E-state index contributed by atoms with van der Waals surface area (Å²) in [7, 11) is 3.11. The number of nitrogens with two attached hydrogens (primary N) is 1. The van der Waals surface area contributed by atoms with Gasteiger partial charge in [0.15, 0.2) is 6.29 Å². The Bertz CT molecular complexity index is 467. The zero-order valence-corrected chi connectivity index (χ0v) is 10.5. The highest BCUT2D eigenvalue weighted by Gasteiger charge is 1.96. The molecule has 0 unspecified atom stereocenters. The van der Waals surface area contributed by atoms with Crippen LogP contribution in [0.25, 0.3) is 10.8 Å². The third-order valence-electron chi connectivity index (χ3n) is 2.34. The van der Waals surface area contributed by atoms with Crippen LogP contribution >= 0.6 is 0 Å². The summed E-state index contributed by atoms with van der Waals surface area (Å²) in [4.78, 5) is 3.94. The summed E-state index contributed by atoms with van der Waals surface area (Å²) in [5, 5.41) is 11.2. The molecule has 0 radical (unpaired) electrons. The summed E-state index contributed by atoms with van der Waals surface area (Å²) >= 11 is 0. The van der Waals surface area contributed by atoms with Crippen molar-refractivity contribution in [2.45, 2.75) is 6.29 Å². The summed E-state index contributed by atoms with van der Waals surface area (Å²) < 4.78 is 9.40. The summed E-state index contributed by atoms with van der Waals surface area (Å²) in [6.07, 6.45) is 3.23. The van der Waals surface area contributed by atoms with Crippen LogP contribution in [0.15, 0.2) is 36.7 Å². The predicted molar refractivity (Wildman–Crippen MR) is 70.3 cm³/mol. The van der Waals surface area contributed by atoms with Crippen LogP contribution in [-0.4, -0.2) is 37.1 Å². The maximum absolute atomic E-state index is 9.10. The van der Waals surface area contributed by atoms with Gasteiger partial charge >= 0.3 is 0 Å². The quantitative estimate of drug-likeness (QED) is 0.807. The SMILES string of the molecule is COC(CN)OC.Oc1ccc2ccncc2c1. The molecule has 0 aliphatic heterocycles. The molecule has 0 saturated heterocycles. The van der Waals surface area contributed by atoms with Gasteiger partial charge in [0.05, 0.1) is 0 Å². The van der Waals surface area contributed by atoms with E-state index in [1.54, 1.807) is 38.7 Å². The second kappa shape index (κ2) is 7.60. The van der Waals surface area contributed by atoms with Gasteiger partial charge in [0.1, 0.15) is 5.75 Å². The molecule has 98 valence electrons. The molecule has 18 heavy (non-hydrogen) atoms. The molecule has 0 spiro atoms. The number of aromatic nitrogens is 1. The van der Waals surface area contributed by atoms with Crippen LogP contribution in [0.2, 0.25) is 0 Å². The number of rotatable bonds is 3. The van der Waals surface area contributed by atoms with Gasteiger partial charge in [-0.2, -0.15) is 0 Å². The summed E-state index contributed by atoms with van der Waals surface area (Å²) in [6.45, 7) is 0.410. The minimum Gasteiger partial charge on any atom is -0.508 e. The Kier molecular flexibility index (Phi) is 6.07. The zero-order chi connectivity index (χ0) is 13.4. The molecule has 3 N–H and O–H groups in total. The van der Waals surface area contributed by atoms with Gasteiger partial charge in [0.2, 0.25) is 0 Å². The van der Waals surface area contributed by atoms with E-state index in [0.29, 0.717) is 6.54 Å². The Balaban J connectivity index is 0.000000203. The minimum atomic E-state index is -0.236. The predicted octanol–water partition coefficient (Wildman–Crippen LogP) is 1.50. The van der Waals surface area contributed by atoms with Gasteiger partial charge in [-0.05, 0) is 23.6 Å². The molecule has 0 aliphatic rings. The lowest BCUT2D eigenvalue weighted by atomic mass is 10.2. The molecule has 1 aromatic heterocycles. The number of ether oxygens (including phenoxy) is 2. The lowest BCUT2D eigenvalue weighted by molar-refractivity contribution is -0.0940. The number of phenolic OH excluding ortho intramolecular Hbond substituents is 1. The van der Waals surface area contributed by atoms with Crippen molar-refractivity contribution in [2.75, 3.05) is 20.8 Å². The van der Waals surface area contributed by atoms with E-state index in [1.165, 1.54) is 0 Å². The summed E-state index contributed by atoms with van der Waals surface area (Å²) in [6, 6.07) is 7.14. The number of aromatic hydroxyl groups is 1. The first-order valence-corrected chi connectivity index (χ1v) is 5.49. The van der Waals surface area contributed by atoms with E-state index < -0.39 is 0 Å². The van der Waals surface area contributed by atoms with E-state index in [4.69, 9.17) is 20.3 Å². The number of hydrogen-bond acceptors (Lipinski definition) is 5. The van der Waals surface area contributed by atoms with Crippen LogP contribution < -0.4 is 5.73 Å². The largest absolute Gasteiger partial charge is 0.508 e. The number of phenols is 1. The average Bonchev–Trinajstić information content (AvgIpc) is 2.41. The van der Waals surface area contributed by atoms with Crippen LogP contribution in [0.1, 0.15) is 0 Å². The van der Waals surface area contributed by atoms with Crippen molar-refractivity contribution in [3.8, 4) is 5.75 Å². The molecule has 2 aromatic rings. The van der Waals surface area contributed by atoms with Crippen LogP contribution in [-0.2, 0) is 9.47 Å². The van der Waals surface area contributed by atoms with E-state index in [2.05, 4.69) is 4.98 Å². The Morgan fingerprint density at radius 3 is 2.50 bits per heavy atom. The van der Waals surface area contributed by atoms with E-state index in [9.17, 15) is 0 Å². The highest BCUT2D eigenvalue weighted by atomic mass is 16.7. The normalized spacial score (nSPS) is 10.2. The van der Waals surface area contributed by atoms with Crippen molar-refractivity contribution in [1.29, 1.82) is 0 Å². The van der Waals surface area contributed by atoms with Gasteiger partial charge in [-0.1, -0.05) is 6.07 Å². The molecule has 5 heteroatoms. The average molecular weight is 250 g/mol. The Labute approximate surface area is 106 Å². The maximum atomic E-state index is 9.10. The standard InChI is InChI=1S/C9H7NO.C4H11NO2/c11-9-2-1-7-3-4-10-6-8(7)5-9;1-6-4(3-5)7-2/h1-6,11H;4H,3,5H2,1-2H3. The van der Waals surface area contributed by atoms with Gasteiger partial charge in [-0.15, -0.1) is 0 Å². The van der Waals surface area contributed by atoms with E-state index in [-0.39, 0.29) is 12.0 Å². The molecule has 0 aliphatic carbocycles. The smallest absolute Gasteiger partial charge is 0.168 e. The van der Waals surface area contributed by atoms with Gasteiger partial charge in [0, 0.05) is 38.5 Å². The molecule has 0 amide bonds. The van der Waals surface area contributed by atoms with Crippen LogP contribution in [0, 0.1) is 0 Å². The van der Waals surface area contributed by atoms with Gasteiger partial charge in [0.25, 0.3) is 0 Å². The van der Waals surface area contributed by atoms with Crippen LogP contribution in [0.4, 0.5) is 0 Å². The third-order valence-corrected chi connectivity index (χ3v) is 2.34. The van der Waals surface area contributed by atoms with Crippen LogP contribution in [0.5, 0.6) is 5.75 Å².